The van der Waals surface area contributed by atoms with Crippen LogP contribution in [0.5, 0.6) is 0 Å². The summed E-state index contributed by atoms with van der Waals surface area (Å²) in [7, 11) is 0. The van der Waals surface area contributed by atoms with Crippen molar-refractivity contribution in [3.05, 3.63) is 11.6 Å². The average molecular weight is 389 g/mol. The molecule has 7 atom stereocenters. The number of hydrogen-bond donors (Lipinski definition) is 0. The van der Waals surface area contributed by atoms with Crippen LogP contribution in [0.4, 0.5) is 0 Å². The Morgan fingerprint density at radius 1 is 1.14 bits per heavy atom. The van der Waals surface area contributed by atoms with Gasteiger partial charge in [0.1, 0.15) is 6.10 Å². The number of ketones is 1. The number of fused-ring (bicyclic) bond motifs is 5. The number of esters is 1. The monoisotopic (exact) mass is 388 g/mol. The van der Waals surface area contributed by atoms with Crippen LogP contribution in [-0.4, -0.2) is 17.9 Å². The van der Waals surface area contributed by atoms with Gasteiger partial charge in [-0.3, -0.25) is 9.59 Å². The zero-order valence-electron chi connectivity index (χ0n) is 18.8. The van der Waals surface area contributed by atoms with Crippen LogP contribution in [-0.2, 0) is 14.3 Å². The van der Waals surface area contributed by atoms with E-state index in [1.807, 2.05) is 26.8 Å². The predicted octanol–water partition coefficient (Wildman–Crippen LogP) is 6.11. The standard InChI is InChI=1S/C23H34O3.C2H6/c1-5-20(25)26-19-7-6-17-21-14(2)12-15-13-16(24)8-10-22(15,3)18(21)9-11-23(17,19)4;1-2/h13-14,17-19,21H,5-12H2,1-4H3;1-2H3. The summed E-state index contributed by atoms with van der Waals surface area (Å²) in [6.45, 7) is 13.1. The topological polar surface area (TPSA) is 43.4 Å². The molecule has 0 aromatic rings. The molecule has 3 heteroatoms. The largest absolute Gasteiger partial charge is 0.462 e. The molecule has 4 aliphatic carbocycles. The minimum atomic E-state index is -0.0429. The van der Waals surface area contributed by atoms with Gasteiger partial charge in [0.2, 0.25) is 0 Å². The first-order chi connectivity index (χ1) is 13.3. The zero-order valence-corrected chi connectivity index (χ0v) is 18.8. The smallest absolute Gasteiger partial charge is 0.305 e. The van der Waals surface area contributed by atoms with Crippen molar-refractivity contribution in [1.82, 2.24) is 0 Å². The highest BCUT2D eigenvalue weighted by Crippen LogP contribution is 2.66. The summed E-state index contributed by atoms with van der Waals surface area (Å²) >= 11 is 0. The van der Waals surface area contributed by atoms with Gasteiger partial charge in [-0.1, -0.05) is 47.1 Å². The van der Waals surface area contributed by atoms with E-state index in [1.54, 1.807) is 0 Å². The second kappa shape index (κ2) is 7.95. The second-order valence-corrected chi connectivity index (χ2v) is 9.98. The van der Waals surface area contributed by atoms with Gasteiger partial charge >= 0.3 is 5.97 Å². The Kier molecular flexibility index (Phi) is 6.13. The van der Waals surface area contributed by atoms with Gasteiger partial charge in [-0.05, 0) is 73.7 Å². The summed E-state index contributed by atoms with van der Waals surface area (Å²) in [5.41, 5.74) is 1.78. The zero-order chi connectivity index (χ0) is 20.7. The van der Waals surface area contributed by atoms with E-state index >= 15 is 0 Å². The lowest BCUT2D eigenvalue weighted by Crippen LogP contribution is -2.54. The molecule has 0 amide bonds. The van der Waals surface area contributed by atoms with Gasteiger partial charge < -0.3 is 4.74 Å². The molecule has 0 spiro atoms. The Hall–Kier alpha value is -1.12. The molecule has 4 rings (SSSR count). The lowest BCUT2D eigenvalue weighted by molar-refractivity contribution is -0.160. The fraction of sp³-hybridized carbons (Fsp3) is 0.840. The Bertz CT molecular complexity index is 650. The Balaban J connectivity index is 0.00000109. The van der Waals surface area contributed by atoms with Gasteiger partial charge in [0, 0.05) is 18.3 Å². The molecule has 0 saturated heterocycles. The van der Waals surface area contributed by atoms with Crippen molar-refractivity contribution >= 4 is 11.8 Å². The third-order valence-corrected chi connectivity index (χ3v) is 8.78. The van der Waals surface area contributed by atoms with E-state index in [0.29, 0.717) is 35.9 Å². The van der Waals surface area contributed by atoms with Crippen molar-refractivity contribution in [3.63, 3.8) is 0 Å². The van der Waals surface area contributed by atoms with E-state index in [4.69, 9.17) is 4.74 Å². The van der Waals surface area contributed by atoms with Gasteiger partial charge in [-0.15, -0.1) is 0 Å². The van der Waals surface area contributed by atoms with Crippen LogP contribution in [0.15, 0.2) is 11.6 Å². The number of carbonyl (C=O) groups is 2. The summed E-state index contributed by atoms with van der Waals surface area (Å²) in [4.78, 5) is 23.9. The molecular formula is C25H40O3. The van der Waals surface area contributed by atoms with Crippen molar-refractivity contribution < 1.29 is 14.3 Å². The molecule has 0 bridgehead atoms. The lowest BCUT2D eigenvalue weighted by Gasteiger charge is -2.59. The minimum Gasteiger partial charge on any atom is -0.462 e. The number of hydrogen-bond acceptors (Lipinski definition) is 3. The van der Waals surface area contributed by atoms with Gasteiger partial charge in [0.05, 0.1) is 0 Å². The van der Waals surface area contributed by atoms with E-state index in [0.717, 1.165) is 32.1 Å². The summed E-state index contributed by atoms with van der Waals surface area (Å²) in [6.07, 6.45) is 9.98. The highest BCUT2D eigenvalue weighted by Gasteiger charge is 2.61. The normalized spacial score (nSPS) is 44.3. The highest BCUT2D eigenvalue weighted by atomic mass is 16.5. The summed E-state index contributed by atoms with van der Waals surface area (Å²) in [5.74, 6) is 2.95. The fourth-order valence-electron chi connectivity index (χ4n) is 7.29. The molecule has 3 nitrogen and oxygen atoms in total. The van der Waals surface area contributed by atoms with Crippen LogP contribution >= 0.6 is 0 Å². The first kappa shape index (κ1) is 21.6. The highest BCUT2D eigenvalue weighted by molar-refractivity contribution is 5.91. The summed E-state index contributed by atoms with van der Waals surface area (Å²) in [6, 6.07) is 0. The molecule has 4 aliphatic rings. The maximum atomic E-state index is 12.0. The van der Waals surface area contributed by atoms with E-state index in [2.05, 4.69) is 20.8 Å². The third kappa shape index (κ3) is 3.27. The van der Waals surface area contributed by atoms with Crippen molar-refractivity contribution in [2.75, 3.05) is 0 Å². The summed E-state index contributed by atoms with van der Waals surface area (Å²) < 4.78 is 5.90. The molecule has 0 aliphatic heterocycles. The Morgan fingerprint density at radius 3 is 2.54 bits per heavy atom. The third-order valence-electron chi connectivity index (χ3n) is 8.78. The van der Waals surface area contributed by atoms with Crippen LogP contribution in [0.3, 0.4) is 0 Å². The average Bonchev–Trinajstić information content (AvgIpc) is 3.01. The number of allylic oxidation sites excluding steroid dienone is 1. The van der Waals surface area contributed by atoms with Crippen LogP contribution < -0.4 is 0 Å². The summed E-state index contributed by atoms with van der Waals surface area (Å²) in [5, 5.41) is 0. The molecule has 0 aromatic carbocycles. The van der Waals surface area contributed by atoms with Crippen LogP contribution in [0.1, 0.15) is 92.9 Å². The first-order valence-electron chi connectivity index (χ1n) is 11.7. The molecule has 3 fully saturated rings. The number of carbonyl (C=O) groups excluding carboxylic acids is 2. The molecule has 0 aromatic heterocycles. The molecule has 0 radical (unpaired) electrons. The van der Waals surface area contributed by atoms with Gasteiger partial charge in [0.25, 0.3) is 0 Å². The maximum Gasteiger partial charge on any atom is 0.305 e. The fourth-order valence-corrected chi connectivity index (χ4v) is 7.29. The molecule has 158 valence electrons. The van der Waals surface area contributed by atoms with Gasteiger partial charge in [-0.25, -0.2) is 0 Å². The van der Waals surface area contributed by atoms with E-state index in [1.165, 1.54) is 18.4 Å². The van der Waals surface area contributed by atoms with Crippen molar-refractivity contribution in [2.24, 2.45) is 34.5 Å². The maximum absolute atomic E-state index is 12.0. The molecule has 7 unspecified atom stereocenters. The minimum absolute atomic E-state index is 0.0429. The Morgan fingerprint density at radius 2 is 1.86 bits per heavy atom. The molecule has 0 N–H and O–H groups in total. The van der Waals surface area contributed by atoms with E-state index < -0.39 is 0 Å². The van der Waals surface area contributed by atoms with Crippen LogP contribution in [0, 0.1) is 34.5 Å². The SMILES string of the molecule is CC.CCC(=O)OC1CCC2C3C(C)CC4=CC(=O)CCC4(C)C3CCC12C. The van der Waals surface area contributed by atoms with Gasteiger partial charge in [0.15, 0.2) is 5.78 Å². The first-order valence-corrected chi connectivity index (χ1v) is 11.7. The lowest BCUT2D eigenvalue weighted by atomic mass is 9.45. The predicted molar refractivity (Wildman–Crippen MR) is 113 cm³/mol. The molecule has 28 heavy (non-hydrogen) atoms. The molecule has 0 heterocycles. The van der Waals surface area contributed by atoms with Crippen LogP contribution in [0.25, 0.3) is 0 Å². The van der Waals surface area contributed by atoms with Crippen molar-refractivity contribution in [2.45, 2.75) is 99.0 Å². The second-order valence-electron chi connectivity index (χ2n) is 9.98. The number of ether oxygens (including phenoxy) is 1. The van der Waals surface area contributed by atoms with E-state index in [9.17, 15) is 9.59 Å². The van der Waals surface area contributed by atoms with Gasteiger partial charge in [-0.2, -0.15) is 0 Å². The van der Waals surface area contributed by atoms with Crippen molar-refractivity contribution in [1.29, 1.82) is 0 Å². The number of rotatable bonds is 2. The van der Waals surface area contributed by atoms with Crippen LogP contribution in [0.2, 0.25) is 0 Å². The quantitative estimate of drug-likeness (QED) is 0.536. The van der Waals surface area contributed by atoms with Crippen molar-refractivity contribution in [3.8, 4) is 0 Å². The molecule has 3 saturated carbocycles. The Labute approximate surface area is 171 Å². The molecular weight excluding hydrogens is 348 g/mol. The van der Waals surface area contributed by atoms with E-state index in [-0.39, 0.29) is 22.9 Å².